The number of ether oxygens (including phenoxy) is 1. The van der Waals surface area contributed by atoms with Gasteiger partial charge < -0.3 is 14.0 Å². The van der Waals surface area contributed by atoms with E-state index in [4.69, 9.17) is 14.0 Å². The number of hydrogen-bond acceptors (Lipinski definition) is 5. The van der Waals surface area contributed by atoms with Gasteiger partial charge in [0.15, 0.2) is 0 Å². The molecule has 2 heterocycles. The summed E-state index contributed by atoms with van der Waals surface area (Å²) in [4.78, 5) is 0. The van der Waals surface area contributed by atoms with Crippen LogP contribution in [-0.2, 0) is 14.0 Å². The third kappa shape index (κ3) is 2.68. The fourth-order valence-corrected chi connectivity index (χ4v) is 3.90. The highest BCUT2D eigenvalue weighted by Gasteiger charge is 2.44. The Hall–Kier alpha value is -2.54. The molecule has 0 spiro atoms. The zero-order chi connectivity index (χ0) is 18.4. The van der Waals surface area contributed by atoms with Crippen LogP contribution in [-0.4, -0.2) is 30.5 Å². The van der Waals surface area contributed by atoms with Gasteiger partial charge in [0.05, 0.1) is 29.5 Å². The van der Waals surface area contributed by atoms with Gasteiger partial charge in [-0.1, -0.05) is 48.5 Å². The number of fused-ring (bicyclic) bond motifs is 5. The van der Waals surface area contributed by atoms with Crippen molar-refractivity contribution < 1.29 is 14.0 Å². The van der Waals surface area contributed by atoms with Crippen molar-refractivity contribution in [2.75, 3.05) is 7.11 Å². The molecule has 5 nitrogen and oxygen atoms in total. The fraction of sp³-hybridized carbons (Fsp3) is 0.238. The van der Waals surface area contributed by atoms with E-state index in [2.05, 4.69) is 22.3 Å². The second-order valence-corrected chi connectivity index (χ2v) is 6.87. The molecule has 3 aromatic rings. The summed E-state index contributed by atoms with van der Waals surface area (Å²) in [5.41, 5.74) is 4.84. The van der Waals surface area contributed by atoms with Crippen molar-refractivity contribution >= 4 is 29.6 Å². The third-order valence-electron chi connectivity index (χ3n) is 5.35. The minimum Gasteiger partial charge on any atom is -0.398 e. The van der Waals surface area contributed by atoms with E-state index >= 15 is 0 Å². The lowest BCUT2D eigenvalue weighted by molar-refractivity contribution is 0.120. The lowest BCUT2D eigenvalue weighted by Gasteiger charge is -2.22. The van der Waals surface area contributed by atoms with E-state index in [1.807, 2.05) is 55.5 Å². The molecule has 1 aliphatic heterocycles. The van der Waals surface area contributed by atoms with Crippen LogP contribution in [0.1, 0.15) is 36.0 Å². The van der Waals surface area contributed by atoms with Crippen LogP contribution in [0.5, 0.6) is 0 Å². The summed E-state index contributed by atoms with van der Waals surface area (Å²) in [6, 6.07) is 16.1. The SMILES string of the molecule is CO[C@H](C)c1ccccc1B1O[C@H]2C=Cc3nnc4ccccc4c3[C@H]2O1. The highest BCUT2D eigenvalue weighted by Crippen LogP contribution is 2.40. The second-order valence-electron chi connectivity index (χ2n) is 6.87. The van der Waals surface area contributed by atoms with E-state index in [1.165, 1.54) is 0 Å². The van der Waals surface area contributed by atoms with Gasteiger partial charge in [-0.15, -0.1) is 5.10 Å². The standard InChI is InChI=1S/C21H19BN2O3/c1-13(25-2)14-7-3-5-9-16(14)22-26-19-12-11-18-20(21(19)27-22)15-8-4-6-10-17(15)23-24-18/h3-13,19,21H,1-2H3/t13-,19+,21+/m1/s1. The van der Waals surface area contributed by atoms with Crippen LogP contribution in [0.2, 0.25) is 0 Å². The summed E-state index contributed by atoms with van der Waals surface area (Å²) >= 11 is 0. The molecule has 27 heavy (non-hydrogen) atoms. The summed E-state index contributed by atoms with van der Waals surface area (Å²) < 4.78 is 18.2. The average molecular weight is 358 g/mol. The predicted octanol–water partition coefficient (Wildman–Crippen LogP) is 3.22. The molecule has 134 valence electrons. The summed E-state index contributed by atoms with van der Waals surface area (Å²) in [5, 5.41) is 9.75. The van der Waals surface area contributed by atoms with E-state index in [9.17, 15) is 0 Å². The van der Waals surface area contributed by atoms with E-state index in [0.717, 1.165) is 33.2 Å². The first kappa shape index (κ1) is 16.6. The number of benzene rings is 2. The van der Waals surface area contributed by atoms with Gasteiger partial charge in [0, 0.05) is 18.1 Å². The van der Waals surface area contributed by atoms with Crippen molar-refractivity contribution in [3.8, 4) is 0 Å². The molecule has 1 fully saturated rings. The molecule has 2 aliphatic rings. The molecule has 2 aromatic carbocycles. The van der Waals surface area contributed by atoms with Crippen LogP contribution in [0.3, 0.4) is 0 Å². The zero-order valence-electron chi connectivity index (χ0n) is 15.2. The molecule has 1 saturated heterocycles. The minimum atomic E-state index is -0.448. The molecule has 0 saturated carbocycles. The molecule has 0 radical (unpaired) electrons. The molecule has 1 aromatic heterocycles. The van der Waals surface area contributed by atoms with Crippen molar-refractivity contribution in [1.82, 2.24) is 10.2 Å². The molecule has 0 bridgehead atoms. The third-order valence-corrected chi connectivity index (χ3v) is 5.35. The average Bonchev–Trinajstić information content (AvgIpc) is 3.17. The summed E-state index contributed by atoms with van der Waals surface area (Å²) in [7, 11) is 1.26. The van der Waals surface area contributed by atoms with Crippen LogP contribution < -0.4 is 5.46 Å². The second kappa shape index (κ2) is 6.57. The normalized spacial score (nSPS) is 21.9. The lowest BCUT2D eigenvalue weighted by Crippen LogP contribution is -2.36. The van der Waals surface area contributed by atoms with Crippen molar-refractivity contribution in [1.29, 1.82) is 0 Å². The van der Waals surface area contributed by atoms with Crippen molar-refractivity contribution in [2.45, 2.75) is 25.2 Å². The van der Waals surface area contributed by atoms with Crippen molar-refractivity contribution in [3.63, 3.8) is 0 Å². The van der Waals surface area contributed by atoms with E-state index in [0.29, 0.717) is 0 Å². The van der Waals surface area contributed by atoms with Crippen molar-refractivity contribution in [3.05, 3.63) is 71.4 Å². The van der Waals surface area contributed by atoms with E-state index < -0.39 is 7.12 Å². The summed E-state index contributed by atoms with van der Waals surface area (Å²) in [6.07, 6.45) is 3.59. The van der Waals surface area contributed by atoms with Crippen LogP contribution in [0.25, 0.3) is 17.0 Å². The smallest absolute Gasteiger partial charge is 0.398 e. The maximum absolute atomic E-state index is 6.42. The quantitative estimate of drug-likeness (QED) is 0.673. The Kier molecular flexibility index (Phi) is 4.04. The van der Waals surface area contributed by atoms with Gasteiger partial charge in [-0.05, 0) is 30.1 Å². The Bertz CT molecular complexity index is 1040. The van der Waals surface area contributed by atoms with Crippen LogP contribution in [0.4, 0.5) is 0 Å². The fourth-order valence-electron chi connectivity index (χ4n) is 3.90. The van der Waals surface area contributed by atoms with Crippen molar-refractivity contribution in [2.24, 2.45) is 0 Å². The molecule has 1 aliphatic carbocycles. The summed E-state index contributed by atoms with van der Waals surface area (Å²) in [6.45, 7) is 2.03. The first-order valence-corrected chi connectivity index (χ1v) is 9.12. The number of hydrogen-bond donors (Lipinski definition) is 0. The van der Waals surface area contributed by atoms with Gasteiger partial charge in [0.25, 0.3) is 0 Å². The monoisotopic (exact) mass is 358 g/mol. The molecule has 6 heteroatoms. The van der Waals surface area contributed by atoms with Gasteiger partial charge >= 0.3 is 7.12 Å². The Labute approximate surface area is 158 Å². The molecule has 5 rings (SSSR count). The molecule has 0 N–H and O–H groups in total. The van der Waals surface area contributed by atoms with Gasteiger partial charge in [-0.3, -0.25) is 0 Å². The van der Waals surface area contributed by atoms with Gasteiger partial charge in [0.2, 0.25) is 0 Å². The maximum Gasteiger partial charge on any atom is 0.495 e. The first-order chi connectivity index (χ1) is 13.3. The molecular weight excluding hydrogens is 339 g/mol. The Morgan fingerprint density at radius 3 is 2.74 bits per heavy atom. The number of aromatic nitrogens is 2. The van der Waals surface area contributed by atoms with Crippen LogP contribution in [0, 0.1) is 0 Å². The first-order valence-electron chi connectivity index (χ1n) is 9.12. The lowest BCUT2D eigenvalue weighted by atomic mass is 9.75. The van der Waals surface area contributed by atoms with Gasteiger partial charge in [-0.2, -0.15) is 5.10 Å². The van der Waals surface area contributed by atoms with E-state index in [1.54, 1.807) is 7.11 Å². The minimum absolute atomic E-state index is 0.0365. The Morgan fingerprint density at radius 2 is 1.85 bits per heavy atom. The molecule has 0 unspecified atom stereocenters. The highest BCUT2D eigenvalue weighted by atomic mass is 16.7. The highest BCUT2D eigenvalue weighted by molar-refractivity contribution is 6.62. The zero-order valence-corrected chi connectivity index (χ0v) is 15.2. The van der Waals surface area contributed by atoms with Gasteiger partial charge in [0.1, 0.15) is 0 Å². The van der Waals surface area contributed by atoms with Crippen LogP contribution in [0.15, 0.2) is 54.6 Å². The maximum atomic E-state index is 6.42. The topological polar surface area (TPSA) is 53.5 Å². The van der Waals surface area contributed by atoms with Gasteiger partial charge in [-0.25, -0.2) is 0 Å². The predicted molar refractivity (Wildman–Crippen MR) is 105 cm³/mol. The number of nitrogens with zero attached hydrogens (tertiary/aromatic N) is 2. The van der Waals surface area contributed by atoms with Crippen LogP contribution >= 0.6 is 0 Å². The Balaban J connectivity index is 1.57. The molecule has 0 amide bonds. The van der Waals surface area contributed by atoms with E-state index in [-0.39, 0.29) is 18.3 Å². The molecule has 3 atom stereocenters. The summed E-state index contributed by atoms with van der Waals surface area (Å²) in [5.74, 6) is 0. The molecular formula is C21H19BN2O3. The number of methoxy groups -OCH3 is 1. The largest absolute Gasteiger partial charge is 0.495 e. The Morgan fingerprint density at radius 1 is 1.04 bits per heavy atom. The number of rotatable bonds is 3.